The number of alkyl halides is 3. The Balaban J connectivity index is 1.19. The molecule has 35 heavy (non-hydrogen) atoms. The summed E-state index contributed by atoms with van der Waals surface area (Å²) in [5.74, 6) is 1.23. The fourth-order valence-corrected chi connectivity index (χ4v) is 5.88. The Morgan fingerprint density at radius 2 is 1.63 bits per heavy atom. The first-order valence-electron chi connectivity index (χ1n) is 12.7. The lowest BCUT2D eigenvalue weighted by Crippen LogP contribution is -2.41. The van der Waals surface area contributed by atoms with Crippen LogP contribution in [-0.4, -0.2) is 42.5 Å². The van der Waals surface area contributed by atoms with Gasteiger partial charge in [-0.1, -0.05) is 29.8 Å². The van der Waals surface area contributed by atoms with Crippen LogP contribution in [0.3, 0.4) is 0 Å². The van der Waals surface area contributed by atoms with Gasteiger partial charge in [0, 0.05) is 43.2 Å². The summed E-state index contributed by atoms with van der Waals surface area (Å²) in [6.07, 6.45) is 6.69. The molecule has 3 nitrogen and oxygen atoms in total. The fourth-order valence-electron chi connectivity index (χ4n) is 5.34. The van der Waals surface area contributed by atoms with Crippen molar-refractivity contribution >= 4 is 23.4 Å². The molecule has 190 valence electrons. The molecular formula is C28H35F3N2OS. The zero-order chi connectivity index (χ0) is 24.8. The molecule has 0 radical (unpaired) electrons. The van der Waals surface area contributed by atoms with E-state index in [2.05, 4.69) is 36.1 Å². The van der Waals surface area contributed by atoms with Crippen molar-refractivity contribution in [1.82, 2.24) is 4.90 Å². The third kappa shape index (κ3) is 7.92. The lowest BCUT2D eigenvalue weighted by atomic mass is 9.89. The van der Waals surface area contributed by atoms with Gasteiger partial charge in [0.05, 0.1) is 0 Å². The normalized spacial score (nSPS) is 19.7. The van der Waals surface area contributed by atoms with Gasteiger partial charge in [-0.05, 0) is 98.9 Å². The van der Waals surface area contributed by atoms with Gasteiger partial charge in [0.2, 0.25) is 5.91 Å². The summed E-state index contributed by atoms with van der Waals surface area (Å²) in [4.78, 5) is 17.6. The SMILES string of the molecule is Cc1ccc(N2CCC(CCC(=O)N3CCC[C@H](Cc4ccc(SC(F)(F)F)cc4)C3)CC2)cc1. The van der Waals surface area contributed by atoms with E-state index >= 15 is 0 Å². The van der Waals surface area contributed by atoms with Gasteiger partial charge in [-0.15, -0.1) is 0 Å². The maximum absolute atomic E-state index is 12.9. The van der Waals surface area contributed by atoms with E-state index in [-0.39, 0.29) is 22.6 Å². The van der Waals surface area contributed by atoms with Gasteiger partial charge < -0.3 is 9.80 Å². The largest absolute Gasteiger partial charge is 0.446 e. The van der Waals surface area contributed by atoms with Crippen LogP contribution in [0.1, 0.15) is 49.7 Å². The van der Waals surface area contributed by atoms with E-state index in [0.29, 0.717) is 18.3 Å². The third-order valence-corrected chi connectivity index (χ3v) is 8.07. The fraction of sp³-hybridized carbons (Fsp3) is 0.536. The number of hydrogen-bond acceptors (Lipinski definition) is 3. The molecule has 2 aromatic carbocycles. The number of piperidine rings is 2. The van der Waals surface area contributed by atoms with Gasteiger partial charge in [-0.3, -0.25) is 4.79 Å². The second kappa shape index (κ2) is 11.7. The quantitative estimate of drug-likeness (QED) is 0.376. The number of carbonyl (C=O) groups excluding carboxylic acids is 1. The highest BCUT2D eigenvalue weighted by molar-refractivity contribution is 8.00. The number of amides is 1. The lowest BCUT2D eigenvalue weighted by molar-refractivity contribution is -0.133. The minimum atomic E-state index is -4.26. The van der Waals surface area contributed by atoms with E-state index in [1.54, 1.807) is 24.3 Å². The van der Waals surface area contributed by atoms with Crippen LogP contribution in [0.15, 0.2) is 53.4 Å². The number of nitrogens with zero attached hydrogens (tertiary/aromatic N) is 2. The van der Waals surface area contributed by atoms with Gasteiger partial charge in [0.15, 0.2) is 0 Å². The van der Waals surface area contributed by atoms with Crippen LogP contribution >= 0.6 is 11.8 Å². The zero-order valence-corrected chi connectivity index (χ0v) is 21.2. The van der Waals surface area contributed by atoms with Gasteiger partial charge in [0.1, 0.15) is 0 Å². The molecule has 2 aromatic rings. The van der Waals surface area contributed by atoms with Gasteiger partial charge in [-0.25, -0.2) is 0 Å². The first-order valence-corrected chi connectivity index (χ1v) is 13.5. The molecule has 2 heterocycles. The van der Waals surface area contributed by atoms with Crippen molar-refractivity contribution in [2.24, 2.45) is 11.8 Å². The molecular weight excluding hydrogens is 469 g/mol. The van der Waals surface area contributed by atoms with E-state index in [0.717, 1.165) is 70.3 Å². The minimum absolute atomic E-state index is 0.0793. The van der Waals surface area contributed by atoms with E-state index in [9.17, 15) is 18.0 Å². The highest BCUT2D eigenvalue weighted by Gasteiger charge is 2.29. The van der Waals surface area contributed by atoms with Gasteiger partial charge in [-0.2, -0.15) is 13.2 Å². The molecule has 0 aromatic heterocycles. The Bertz CT molecular complexity index is 954. The number of thioether (sulfide) groups is 1. The van der Waals surface area contributed by atoms with E-state index in [1.807, 2.05) is 4.90 Å². The van der Waals surface area contributed by atoms with Gasteiger partial charge >= 0.3 is 5.51 Å². The van der Waals surface area contributed by atoms with Crippen molar-refractivity contribution in [3.05, 3.63) is 59.7 Å². The molecule has 2 aliphatic heterocycles. The van der Waals surface area contributed by atoms with Crippen LogP contribution in [-0.2, 0) is 11.2 Å². The molecule has 1 amide bonds. The summed E-state index contributed by atoms with van der Waals surface area (Å²) in [5.41, 5.74) is -0.654. The van der Waals surface area contributed by atoms with Gasteiger partial charge in [0.25, 0.3) is 0 Å². The Morgan fingerprint density at radius 3 is 2.29 bits per heavy atom. The van der Waals surface area contributed by atoms with Crippen LogP contribution in [0, 0.1) is 18.8 Å². The van der Waals surface area contributed by atoms with Crippen molar-refractivity contribution < 1.29 is 18.0 Å². The first kappa shape index (κ1) is 25.9. The first-order chi connectivity index (χ1) is 16.7. The number of aryl methyl sites for hydroxylation is 1. The second-order valence-electron chi connectivity index (χ2n) is 10.0. The molecule has 0 N–H and O–H groups in total. The monoisotopic (exact) mass is 504 g/mol. The molecule has 2 saturated heterocycles. The van der Waals surface area contributed by atoms with Crippen molar-refractivity contribution in [2.75, 3.05) is 31.1 Å². The minimum Gasteiger partial charge on any atom is -0.372 e. The summed E-state index contributed by atoms with van der Waals surface area (Å²) >= 11 is -0.0793. The molecule has 4 rings (SSSR count). The molecule has 0 aliphatic carbocycles. The molecule has 1 atom stereocenters. The summed E-state index contributed by atoms with van der Waals surface area (Å²) in [6.45, 7) is 5.78. The van der Waals surface area contributed by atoms with Crippen molar-refractivity contribution in [3.63, 3.8) is 0 Å². The molecule has 7 heteroatoms. The number of halogens is 3. The predicted octanol–water partition coefficient (Wildman–Crippen LogP) is 7.08. The number of carbonyl (C=O) groups is 1. The Labute approximate surface area is 211 Å². The molecule has 0 unspecified atom stereocenters. The number of hydrogen-bond donors (Lipinski definition) is 0. The van der Waals surface area contributed by atoms with E-state index in [4.69, 9.17) is 0 Å². The molecule has 2 fully saturated rings. The molecule has 0 bridgehead atoms. The predicted molar refractivity (Wildman–Crippen MR) is 137 cm³/mol. The molecule has 0 saturated carbocycles. The molecule has 2 aliphatic rings. The molecule has 0 spiro atoms. The smallest absolute Gasteiger partial charge is 0.372 e. The van der Waals surface area contributed by atoms with E-state index < -0.39 is 5.51 Å². The van der Waals surface area contributed by atoms with Crippen LogP contribution in [0.5, 0.6) is 0 Å². The zero-order valence-electron chi connectivity index (χ0n) is 20.4. The standard InChI is InChI=1S/C28H35F3N2OS/c1-21-4-9-25(10-5-21)32-17-14-22(15-18-32)8-13-27(34)33-16-2-3-24(20-33)19-23-6-11-26(12-7-23)35-28(29,30)31/h4-7,9-12,22,24H,2-3,8,13-20H2,1H3/t24-/m1/s1. The van der Waals surface area contributed by atoms with Crippen LogP contribution in [0.25, 0.3) is 0 Å². The van der Waals surface area contributed by atoms with Crippen LogP contribution in [0.4, 0.5) is 18.9 Å². The highest BCUT2D eigenvalue weighted by Crippen LogP contribution is 2.37. The van der Waals surface area contributed by atoms with Crippen molar-refractivity contribution in [1.29, 1.82) is 0 Å². The van der Waals surface area contributed by atoms with Crippen molar-refractivity contribution in [2.45, 2.75) is 62.3 Å². The maximum Gasteiger partial charge on any atom is 0.446 e. The van der Waals surface area contributed by atoms with Crippen LogP contribution in [0.2, 0.25) is 0 Å². The number of anilines is 1. The maximum atomic E-state index is 12.9. The number of likely N-dealkylation sites (tertiary alicyclic amines) is 1. The second-order valence-corrected chi connectivity index (χ2v) is 11.2. The summed E-state index contributed by atoms with van der Waals surface area (Å²) in [6, 6.07) is 15.4. The number of rotatable bonds is 7. The Hall–Kier alpha value is -2.15. The average Bonchev–Trinajstić information content (AvgIpc) is 2.84. The number of benzene rings is 2. The van der Waals surface area contributed by atoms with Crippen LogP contribution < -0.4 is 4.90 Å². The third-order valence-electron chi connectivity index (χ3n) is 7.33. The summed E-state index contributed by atoms with van der Waals surface area (Å²) in [7, 11) is 0. The van der Waals surface area contributed by atoms with Crippen molar-refractivity contribution in [3.8, 4) is 0 Å². The lowest BCUT2D eigenvalue weighted by Gasteiger charge is -2.35. The summed E-state index contributed by atoms with van der Waals surface area (Å²) in [5, 5.41) is 0. The Morgan fingerprint density at radius 1 is 0.943 bits per heavy atom. The average molecular weight is 505 g/mol. The summed E-state index contributed by atoms with van der Waals surface area (Å²) < 4.78 is 37.6. The highest BCUT2D eigenvalue weighted by atomic mass is 32.2. The topological polar surface area (TPSA) is 23.6 Å². The Kier molecular flexibility index (Phi) is 8.68. The van der Waals surface area contributed by atoms with E-state index in [1.165, 1.54) is 11.3 Å².